The maximum Gasteiger partial charge on any atom is 0.164 e. The van der Waals surface area contributed by atoms with E-state index in [1.165, 1.54) is 71.6 Å². The second-order valence-electron chi connectivity index (χ2n) is 14.4. The molecule has 0 bridgehead atoms. The van der Waals surface area contributed by atoms with Crippen molar-refractivity contribution in [2.75, 3.05) is 0 Å². The fourth-order valence-electron chi connectivity index (χ4n) is 8.38. The zero-order chi connectivity index (χ0) is 37.0. The summed E-state index contributed by atoms with van der Waals surface area (Å²) in [6.45, 7) is 0. The van der Waals surface area contributed by atoms with Crippen LogP contribution in [0.1, 0.15) is 0 Å². The van der Waals surface area contributed by atoms with E-state index in [0.717, 1.165) is 22.3 Å². The molecule has 260 valence electrons. The van der Waals surface area contributed by atoms with Gasteiger partial charge in [0.25, 0.3) is 0 Å². The van der Waals surface area contributed by atoms with E-state index in [0.29, 0.717) is 17.5 Å². The van der Waals surface area contributed by atoms with E-state index in [9.17, 15) is 0 Å². The molecule has 0 fully saturated rings. The predicted molar refractivity (Wildman–Crippen MR) is 232 cm³/mol. The van der Waals surface area contributed by atoms with Crippen LogP contribution in [0.3, 0.4) is 0 Å². The third kappa shape index (κ3) is 5.40. The van der Waals surface area contributed by atoms with Crippen LogP contribution >= 0.6 is 0 Å². The van der Waals surface area contributed by atoms with Gasteiger partial charge in [0, 0.05) is 16.7 Å². The normalized spacial score (nSPS) is 11.6. The molecule has 1 aliphatic rings. The number of hydrogen-bond donors (Lipinski definition) is 0. The molecule has 9 aromatic carbocycles. The Balaban J connectivity index is 1.01. The lowest BCUT2D eigenvalue weighted by Crippen LogP contribution is -2.00. The Morgan fingerprint density at radius 1 is 0.250 bits per heavy atom. The monoisotopic (exact) mass is 711 g/mol. The first-order chi connectivity index (χ1) is 27.7. The molecule has 0 radical (unpaired) electrons. The van der Waals surface area contributed by atoms with Crippen molar-refractivity contribution in [1.82, 2.24) is 15.0 Å². The second-order valence-corrected chi connectivity index (χ2v) is 14.4. The molecular weight excluding hydrogens is 679 g/mol. The quantitative estimate of drug-likeness (QED) is 0.172. The molecule has 0 amide bonds. The highest BCUT2D eigenvalue weighted by Gasteiger charge is 2.22. The number of rotatable bonds is 6. The van der Waals surface area contributed by atoms with E-state index in [2.05, 4.69) is 140 Å². The lowest BCUT2D eigenvalue weighted by atomic mass is 9.88. The van der Waals surface area contributed by atoms with Gasteiger partial charge in [-0.1, -0.05) is 188 Å². The Labute approximate surface area is 325 Å². The summed E-state index contributed by atoms with van der Waals surface area (Å²) in [5.41, 5.74) is 15.2. The van der Waals surface area contributed by atoms with E-state index >= 15 is 0 Å². The van der Waals surface area contributed by atoms with Crippen molar-refractivity contribution in [2.45, 2.75) is 0 Å². The van der Waals surface area contributed by atoms with Gasteiger partial charge in [0.05, 0.1) is 0 Å². The fourth-order valence-corrected chi connectivity index (χ4v) is 8.38. The van der Waals surface area contributed by atoms with Crippen molar-refractivity contribution < 1.29 is 0 Å². The molecule has 11 rings (SSSR count). The van der Waals surface area contributed by atoms with Crippen LogP contribution in [-0.2, 0) is 0 Å². The van der Waals surface area contributed by atoms with E-state index < -0.39 is 0 Å². The number of benzene rings is 9. The average Bonchev–Trinajstić information content (AvgIpc) is 3.60. The summed E-state index contributed by atoms with van der Waals surface area (Å²) in [6.07, 6.45) is 0. The minimum Gasteiger partial charge on any atom is -0.208 e. The smallest absolute Gasteiger partial charge is 0.164 e. The van der Waals surface area contributed by atoms with Gasteiger partial charge in [-0.15, -0.1) is 0 Å². The molecule has 0 atom stereocenters. The van der Waals surface area contributed by atoms with Gasteiger partial charge < -0.3 is 0 Å². The first kappa shape index (κ1) is 32.0. The molecule has 0 spiro atoms. The summed E-state index contributed by atoms with van der Waals surface area (Å²) >= 11 is 0. The summed E-state index contributed by atoms with van der Waals surface area (Å²) in [4.78, 5) is 14.8. The van der Waals surface area contributed by atoms with Gasteiger partial charge in [0.15, 0.2) is 17.5 Å². The van der Waals surface area contributed by atoms with Crippen molar-refractivity contribution in [3.05, 3.63) is 200 Å². The van der Waals surface area contributed by atoms with Gasteiger partial charge in [0.1, 0.15) is 0 Å². The molecule has 1 heterocycles. The first-order valence-corrected chi connectivity index (χ1v) is 19.0. The lowest BCUT2D eigenvalue weighted by molar-refractivity contribution is 1.07. The number of aromatic nitrogens is 3. The molecular formula is C53H33N3. The molecule has 0 aliphatic heterocycles. The molecule has 56 heavy (non-hydrogen) atoms. The number of fused-ring (bicyclic) bond motifs is 4. The summed E-state index contributed by atoms with van der Waals surface area (Å²) in [7, 11) is 0. The van der Waals surface area contributed by atoms with Crippen LogP contribution in [0, 0.1) is 0 Å². The zero-order valence-corrected chi connectivity index (χ0v) is 30.4. The topological polar surface area (TPSA) is 38.7 Å². The minimum absolute atomic E-state index is 0.642. The number of hydrogen-bond acceptors (Lipinski definition) is 3. The molecule has 0 unspecified atom stereocenters. The van der Waals surface area contributed by atoms with Crippen LogP contribution in [-0.4, -0.2) is 15.0 Å². The first-order valence-electron chi connectivity index (χ1n) is 19.0. The van der Waals surface area contributed by atoms with Crippen LogP contribution in [0.15, 0.2) is 200 Å². The molecule has 1 aromatic heterocycles. The highest BCUT2D eigenvalue weighted by molar-refractivity contribution is 6.15. The maximum absolute atomic E-state index is 4.98. The van der Waals surface area contributed by atoms with Crippen molar-refractivity contribution >= 4 is 21.5 Å². The summed E-state index contributed by atoms with van der Waals surface area (Å²) in [5.74, 6) is 1.95. The van der Waals surface area contributed by atoms with Gasteiger partial charge in [-0.05, 0) is 89.3 Å². The molecule has 3 nitrogen and oxygen atoms in total. The van der Waals surface area contributed by atoms with Gasteiger partial charge >= 0.3 is 0 Å². The average molecular weight is 712 g/mol. The minimum atomic E-state index is 0.642. The van der Waals surface area contributed by atoms with Crippen LogP contribution in [0.4, 0.5) is 0 Å². The Hall–Kier alpha value is -7.49. The Morgan fingerprint density at radius 2 is 0.732 bits per heavy atom. The largest absolute Gasteiger partial charge is 0.208 e. The Kier molecular flexibility index (Phi) is 7.49. The van der Waals surface area contributed by atoms with Gasteiger partial charge in [-0.2, -0.15) is 0 Å². The van der Waals surface area contributed by atoms with Crippen LogP contribution in [0.25, 0.3) is 111 Å². The molecule has 0 saturated heterocycles. The second kappa shape index (κ2) is 13.1. The van der Waals surface area contributed by atoms with Crippen LogP contribution in [0.5, 0.6) is 0 Å². The van der Waals surface area contributed by atoms with Crippen molar-refractivity contribution in [1.29, 1.82) is 0 Å². The molecule has 0 saturated carbocycles. The standard InChI is InChI=1S/C53H33N3/c1-3-13-37(14-4-1)51-54-52(38-15-5-2-6-16-38)56-53(55-51)39-26-24-36(25-27-39)49-43-21-8-7-12-34(43)28-30-44(49)42-20-9-19-40(32-42)41-29-31-45-46-22-10-17-35-18-11-23-47(50(35)46)48(45)33-41/h1-33H. The number of nitrogens with zero attached hydrogens (tertiary/aromatic N) is 3. The van der Waals surface area contributed by atoms with Gasteiger partial charge in [-0.3, -0.25) is 0 Å². The zero-order valence-electron chi connectivity index (χ0n) is 30.4. The Bertz CT molecular complexity index is 3050. The third-order valence-electron chi connectivity index (χ3n) is 11.1. The SMILES string of the molecule is c1ccc(-c2nc(-c3ccccc3)nc(-c3ccc(-c4c(-c5cccc(-c6ccc7c(c6)-c6cccc8cccc-7c68)c5)ccc5ccccc45)cc3)n2)cc1. The molecule has 3 heteroatoms. The fraction of sp³-hybridized carbons (Fsp3) is 0. The summed E-state index contributed by atoms with van der Waals surface area (Å²) in [6, 6.07) is 71.3. The third-order valence-corrected chi connectivity index (χ3v) is 11.1. The van der Waals surface area contributed by atoms with Crippen molar-refractivity contribution in [3.63, 3.8) is 0 Å². The van der Waals surface area contributed by atoms with Gasteiger partial charge in [-0.25, -0.2) is 15.0 Å². The van der Waals surface area contributed by atoms with Gasteiger partial charge in [0.2, 0.25) is 0 Å². The van der Waals surface area contributed by atoms with E-state index in [4.69, 9.17) is 15.0 Å². The van der Waals surface area contributed by atoms with Crippen LogP contribution < -0.4 is 0 Å². The van der Waals surface area contributed by atoms with E-state index in [1.54, 1.807) is 0 Å². The summed E-state index contributed by atoms with van der Waals surface area (Å²) < 4.78 is 0. The highest BCUT2D eigenvalue weighted by Crippen LogP contribution is 2.48. The molecule has 10 aromatic rings. The van der Waals surface area contributed by atoms with Crippen molar-refractivity contribution in [3.8, 4) is 89.8 Å². The molecule has 0 N–H and O–H groups in total. The van der Waals surface area contributed by atoms with Crippen molar-refractivity contribution in [2.24, 2.45) is 0 Å². The lowest BCUT2D eigenvalue weighted by Gasteiger charge is -2.16. The Morgan fingerprint density at radius 3 is 1.43 bits per heavy atom. The van der Waals surface area contributed by atoms with Crippen LogP contribution in [0.2, 0.25) is 0 Å². The molecule has 1 aliphatic carbocycles. The van der Waals surface area contributed by atoms with E-state index in [1.807, 2.05) is 60.7 Å². The highest BCUT2D eigenvalue weighted by atomic mass is 15.0. The predicted octanol–water partition coefficient (Wildman–Crippen LogP) is 13.8. The van der Waals surface area contributed by atoms with E-state index in [-0.39, 0.29) is 0 Å². The maximum atomic E-state index is 4.98. The summed E-state index contributed by atoms with van der Waals surface area (Å²) in [5, 5.41) is 5.06.